The summed E-state index contributed by atoms with van der Waals surface area (Å²) in [5.41, 5.74) is 2.75. The van der Waals surface area contributed by atoms with Gasteiger partial charge in [0, 0.05) is 10.9 Å². The third-order valence-electron chi connectivity index (χ3n) is 3.71. The lowest BCUT2D eigenvalue weighted by Crippen LogP contribution is -1.91. The van der Waals surface area contributed by atoms with Gasteiger partial charge in [-0.05, 0) is 48.0 Å². The average Bonchev–Trinajstić information content (AvgIpc) is 3.16. The predicted molar refractivity (Wildman–Crippen MR) is 101 cm³/mol. The van der Waals surface area contributed by atoms with Crippen molar-refractivity contribution in [3.63, 3.8) is 0 Å². The van der Waals surface area contributed by atoms with Crippen LogP contribution < -0.4 is 9.47 Å². The van der Waals surface area contributed by atoms with Crippen LogP contribution >= 0.6 is 11.3 Å². The van der Waals surface area contributed by atoms with E-state index in [0.717, 1.165) is 11.1 Å². The van der Waals surface area contributed by atoms with Gasteiger partial charge < -0.3 is 9.47 Å². The molecule has 6 heteroatoms. The van der Waals surface area contributed by atoms with Gasteiger partial charge in [0.1, 0.15) is 16.9 Å². The van der Waals surface area contributed by atoms with Crippen molar-refractivity contribution < 1.29 is 13.9 Å². The molecule has 0 N–H and O–H groups in total. The Labute approximate surface area is 154 Å². The highest BCUT2D eigenvalue weighted by molar-refractivity contribution is 7.11. The maximum absolute atomic E-state index is 13.1. The lowest BCUT2D eigenvalue weighted by atomic mass is 10.1. The second-order valence-electron chi connectivity index (χ2n) is 5.33. The van der Waals surface area contributed by atoms with E-state index in [1.807, 2.05) is 11.4 Å². The highest BCUT2D eigenvalue weighted by Gasteiger charge is 2.10. The zero-order chi connectivity index (χ0) is 18.5. The van der Waals surface area contributed by atoms with Crippen molar-refractivity contribution in [2.45, 2.75) is 0 Å². The zero-order valence-electron chi connectivity index (χ0n) is 14.2. The monoisotopic (exact) mass is 366 g/mol. The largest absolute Gasteiger partial charge is 0.493 e. The van der Waals surface area contributed by atoms with E-state index >= 15 is 0 Å². The van der Waals surface area contributed by atoms with Crippen LogP contribution in [0, 0.1) is 17.1 Å². The first-order valence-electron chi connectivity index (χ1n) is 7.70. The first kappa shape index (κ1) is 17.6. The molecule has 1 aromatic heterocycles. The van der Waals surface area contributed by atoms with Crippen LogP contribution in [0.15, 0.2) is 47.8 Å². The number of nitrogens with zero attached hydrogens (tertiary/aromatic N) is 2. The molecule has 0 saturated heterocycles. The molecule has 0 atom stereocenters. The van der Waals surface area contributed by atoms with E-state index in [1.165, 1.54) is 23.5 Å². The second kappa shape index (κ2) is 7.81. The fourth-order valence-electron chi connectivity index (χ4n) is 2.40. The predicted octanol–water partition coefficient (Wildman–Crippen LogP) is 5.03. The van der Waals surface area contributed by atoms with Crippen LogP contribution in [0.25, 0.3) is 22.9 Å². The van der Waals surface area contributed by atoms with Crippen LogP contribution in [0.3, 0.4) is 0 Å². The third kappa shape index (κ3) is 3.73. The van der Waals surface area contributed by atoms with Crippen LogP contribution in [-0.4, -0.2) is 19.2 Å². The summed E-state index contributed by atoms with van der Waals surface area (Å²) in [4.78, 5) is 4.50. The molecule has 0 aliphatic heterocycles. The van der Waals surface area contributed by atoms with Gasteiger partial charge in [-0.25, -0.2) is 9.37 Å². The Morgan fingerprint density at radius 2 is 1.85 bits per heavy atom. The summed E-state index contributed by atoms with van der Waals surface area (Å²) in [6.07, 6.45) is 1.75. The molecule has 0 fully saturated rings. The summed E-state index contributed by atoms with van der Waals surface area (Å²) in [6, 6.07) is 13.7. The number of thiazole rings is 1. The molecule has 0 aliphatic rings. The number of hydrogen-bond acceptors (Lipinski definition) is 5. The molecule has 0 radical (unpaired) electrons. The normalized spacial score (nSPS) is 11.1. The Hall–Kier alpha value is -3.17. The van der Waals surface area contributed by atoms with Crippen LogP contribution in [0.2, 0.25) is 0 Å². The lowest BCUT2D eigenvalue weighted by Gasteiger charge is -2.07. The molecule has 3 aromatic rings. The van der Waals surface area contributed by atoms with E-state index in [0.29, 0.717) is 27.8 Å². The van der Waals surface area contributed by atoms with Crippen molar-refractivity contribution in [2.24, 2.45) is 0 Å². The molecule has 0 spiro atoms. The number of benzene rings is 2. The first-order valence-corrected chi connectivity index (χ1v) is 8.58. The molecule has 1 heterocycles. The number of allylic oxidation sites excluding steroid dienone is 1. The smallest absolute Gasteiger partial charge is 0.161 e. The van der Waals surface area contributed by atoms with Crippen molar-refractivity contribution in [2.75, 3.05) is 14.2 Å². The zero-order valence-corrected chi connectivity index (χ0v) is 15.0. The molecule has 3 rings (SSSR count). The lowest BCUT2D eigenvalue weighted by molar-refractivity contribution is 0.355. The van der Waals surface area contributed by atoms with E-state index in [4.69, 9.17) is 9.47 Å². The Balaban J connectivity index is 1.93. The molecule has 130 valence electrons. The number of halogens is 1. The summed E-state index contributed by atoms with van der Waals surface area (Å²) in [5.74, 6) is 0.913. The Bertz CT molecular complexity index is 988. The number of aromatic nitrogens is 1. The molecule has 0 amide bonds. The molecule has 2 aromatic carbocycles. The first-order chi connectivity index (χ1) is 12.6. The Kier molecular flexibility index (Phi) is 5.30. The van der Waals surface area contributed by atoms with E-state index < -0.39 is 0 Å². The maximum Gasteiger partial charge on any atom is 0.161 e. The minimum absolute atomic E-state index is 0.296. The van der Waals surface area contributed by atoms with Crippen LogP contribution in [0.5, 0.6) is 11.5 Å². The van der Waals surface area contributed by atoms with Gasteiger partial charge in [0.25, 0.3) is 0 Å². The van der Waals surface area contributed by atoms with Gasteiger partial charge in [-0.1, -0.05) is 6.07 Å². The van der Waals surface area contributed by atoms with Crippen molar-refractivity contribution in [3.05, 3.63) is 64.2 Å². The molecule has 0 saturated carbocycles. The highest BCUT2D eigenvalue weighted by Crippen LogP contribution is 2.31. The topological polar surface area (TPSA) is 55.1 Å². The Morgan fingerprint density at radius 3 is 2.50 bits per heavy atom. The number of ether oxygens (including phenoxy) is 2. The summed E-state index contributed by atoms with van der Waals surface area (Å²) < 4.78 is 23.6. The molecule has 0 unspecified atom stereocenters. The van der Waals surface area contributed by atoms with Crippen molar-refractivity contribution in [1.82, 2.24) is 4.98 Å². The molecule has 4 nitrogen and oxygen atoms in total. The fraction of sp³-hybridized carbons (Fsp3) is 0.100. The van der Waals surface area contributed by atoms with Gasteiger partial charge in [0.05, 0.1) is 25.5 Å². The number of hydrogen-bond donors (Lipinski definition) is 0. The number of rotatable bonds is 5. The molecule has 0 bridgehead atoms. The van der Waals surface area contributed by atoms with Gasteiger partial charge in [-0.15, -0.1) is 11.3 Å². The fourth-order valence-corrected chi connectivity index (χ4v) is 3.20. The van der Waals surface area contributed by atoms with Gasteiger partial charge in [-0.3, -0.25) is 0 Å². The van der Waals surface area contributed by atoms with E-state index in [-0.39, 0.29) is 5.82 Å². The standard InChI is InChI=1S/C20H15FN2O2S/c1-24-18-8-3-13(10-19(18)25-2)9-15(11-22)20-23-17(12-26-20)14-4-6-16(21)7-5-14/h3-10,12H,1-2H3. The second-order valence-corrected chi connectivity index (χ2v) is 6.19. The van der Waals surface area contributed by atoms with Crippen molar-refractivity contribution >= 4 is 23.0 Å². The van der Waals surface area contributed by atoms with Crippen molar-refractivity contribution in [3.8, 4) is 28.8 Å². The Morgan fingerprint density at radius 1 is 1.12 bits per heavy atom. The summed E-state index contributed by atoms with van der Waals surface area (Å²) in [6.45, 7) is 0. The van der Waals surface area contributed by atoms with Crippen LogP contribution in [0.4, 0.5) is 4.39 Å². The summed E-state index contributed by atoms with van der Waals surface area (Å²) in [5, 5.41) is 12.0. The van der Waals surface area contributed by atoms with E-state index in [1.54, 1.807) is 44.6 Å². The molecular weight excluding hydrogens is 351 g/mol. The van der Waals surface area contributed by atoms with Crippen molar-refractivity contribution in [1.29, 1.82) is 5.26 Å². The van der Waals surface area contributed by atoms with Gasteiger partial charge in [-0.2, -0.15) is 5.26 Å². The molecule has 26 heavy (non-hydrogen) atoms. The SMILES string of the molecule is COc1ccc(C=C(C#N)c2nc(-c3ccc(F)cc3)cs2)cc1OC. The maximum atomic E-state index is 13.1. The minimum atomic E-state index is -0.296. The van der Waals surface area contributed by atoms with Gasteiger partial charge in [0.2, 0.25) is 0 Å². The van der Waals surface area contributed by atoms with Gasteiger partial charge >= 0.3 is 0 Å². The van der Waals surface area contributed by atoms with Crippen LogP contribution in [-0.2, 0) is 0 Å². The quantitative estimate of drug-likeness (QED) is 0.594. The number of methoxy groups -OCH3 is 2. The summed E-state index contributed by atoms with van der Waals surface area (Å²) in [7, 11) is 3.13. The van der Waals surface area contributed by atoms with Gasteiger partial charge in [0.15, 0.2) is 11.5 Å². The van der Waals surface area contributed by atoms with E-state index in [2.05, 4.69) is 11.1 Å². The number of nitriles is 1. The minimum Gasteiger partial charge on any atom is -0.493 e. The van der Waals surface area contributed by atoms with E-state index in [9.17, 15) is 9.65 Å². The molecular formula is C20H15FN2O2S. The summed E-state index contributed by atoms with van der Waals surface area (Å²) >= 11 is 1.37. The highest BCUT2D eigenvalue weighted by atomic mass is 32.1. The average molecular weight is 366 g/mol. The molecule has 0 aliphatic carbocycles. The third-order valence-corrected chi connectivity index (χ3v) is 4.59. The van der Waals surface area contributed by atoms with Crippen LogP contribution in [0.1, 0.15) is 10.6 Å².